The summed E-state index contributed by atoms with van der Waals surface area (Å²) >= 11 is 0. The Morgan fingerprint density at radius 2 is 0.696 bits per heavy atom. The third kappa shape index (κ3) is 8.87. The Bertz CT molecular complexity index is 4490. The fourth-order valence-corrected chi connectivity index (χ4v) is 15.5. The van der Waals surface area contributed by atoms with Crippen LogP contribution < -0.4 is 28.4 Å². The van der Waals surface area contributed by atoms with Crippen LogP contribution in [0.25, 0.3) is 56.0 Å². The van der Waals surface area contributed by atoms with E-state index < -0.39 is 11.2 Å². The molecule has 0 spiro atoms. The Kier molecular flexibility index (Phi) is 13.6. The number of hydrogen-bond donors (Lipinski definition) is 0. The molecule has 15 rings (SSSR count). The molecule has 0 saturated carbocycles. The van der Waals surface area contributed by atoms with Crippen LogP contribution in [-0.2, 0) is 32.9 Å². The molecular weight excluding hydrogens is 1130 g/mol. The van der Waals surface area contributed by atoms with E-state index in [2.05, 4.69) is 288 Å². The van der Waals surface area contributed by atoms with Crippen LogP contribution in [0.3, 0.4) is 0 Å². The van der Waals surface area contributed by atoms with E-state index in [4.69, 9.17) is 28.4 Å². The van der Waals surface area contributed by atoms with Crippen molar-refractivity contribution in [2.24, 2.45) is 0 Å². The quantitative estimate of drug-likeness (QED) is 0.108. The molecule has 458 valence electrons. The first-order chi connectivity index (χ1) is 44.3. The minimum Gasteiger partial charge on any atom is -0.497 e. The molecule has 11 aromatic carbocycles. The van der Waals surface area contributed by atoms with E-state index in [0.717, 1.165) is 78.7 Å². The highest BCUT2D eigenvalue weighted by molar-refractivity contribution is 6.10. The van der Waals surface area contributed by atoms with Gasteiger partial charge in [-0.05, 0) is 141 Å². The van der Waals surface area contributed by atoms with Gasteiger partial charge in [-0.2, -0.15) is 0 Å². The summed E-state index contributed by atoms with van der Waals surface area (Å²) in [5.41, 5.74) is 15.9. The number of methoxy groups -OCH3 is 2. The van der Waals surface area contributed by atoms with Gasteiger partial charge in [0.25, 0.3) is 0 Å². The van der Waals surface area contributed by atoms with Crippen LogP contribution in [0.15, 0.2) is 231 Å². The van der Waals surface area contributed by atoms with Gasteiger partial charge in [-0.15, -0.1) is 0 Å². The van der Waals surface area contributed by atoms with Gasteiger partial charge in [0.1, 0.15) is 46.7 Å². The average molecular weight is 1210 g/mol. The monoisotopic (exact) mass is 1210 g/mol. The second-order valence-corrected chi connectivity index (χ2v) is 27.8. The lowest BCUT2D eigenvalue weighted by Gasteiger charge is -2.39. The summed E-state index contributed by atoms with van der Waals surface area (Å²) < 4.78 is 40.5. The van der Waals surface area contributed by atoms with Gasteiger partial charge >= 0.3 is 0 Å². The zero-order valence-corrected chi connectivity index (χ0v) is 54.7. The summed E-state index contributed by atoms with van der Waals surface area (Å²) in [5.74, 6) is 4.91. The zero-order chi connectivity index (χ0) is 63.7. The molecule has 2 aliphatic heterocycles. The van der Waals surface area contributed by atoms with Gasteiger partial charge in [0.05, 0.1) is 14.2 Å². The Balaban J connectivity index is 0.687. The number of ether oxygens (including phenoxy) is 6. The largest absolute Gasteiger partial charge is 0.497 e. The second-order valence-electron chi connectivity index (χ2n) is 27.8. The lowest BCUT2D eigenvalue weighted by atomic mass is 9.74. The van der Waals surface area contributed by atoms with E-state index in [0.29, 0.717) is 0 Å². The van der Waals surface area contributed by atoms with Gasteiger partial charge in [-0.3, -0.25) is 0 Å². The van der Waals surface area contributed by atoms with Crippen LogP contribution in [0.2, 0.25) is 0 Å². The van der Waals surface area contributed by atoms with E-state index in [1.807, 2.05) is 24.3 Å². The van der Waals surface area contributed by atoms with E-state index in [1.54, 1.807) is 14.2 Å². The van der Waals surface area contributed by atoms with E-state index in [1.165, 1.54) is 66.4 Å². The number of fused-ring (bicyclic) bond motifs is 16. The molecule has 0 bridgehead atoms. The van der Waals surface area contributed by atoms with Crippen molar-refractivity contribution < 1.29 is 28.4 Å². The van der Waals surface area contributed by atoms with Crippen molar-refractivity contribution in [3.63, 3.8) is 0 Å². The lowest BCUT2D eigenvalue weighted by Crippen LogP contribution is -2.38. The van der Waals surface area contributed by atoms with Gasteiger partial charge in [-0.1, -0.05) is 237 Å². The molecule has 92 heavy (non-hydrogen) atoms. The Morgan fingerprint density at radius 1 is 0.370 bits per heavy atom. The Labute approximate surface area is 541 Å². The molecule has 4 unspecified atom stereocenters. The molecule has 0 radical (unpaired) electrons. The molecule has 0 fully saturated rings. The first-order valence-corrected chi connectivity index (χ1v) is 32.4. The minimum absolute atomic E-state index is 0.200. The lowest BCUT2D eigenvalue weighted by molar-refractivity contribution is 0.138. The molecule has 0 saturated heterocycles. The van der Waals surface area contributed by atoms with Gasteiger partial charge in [0, 0.05) is 65.8 Å². The summed E-state index contributed by atoms with van der Waals surface area (Å²) in [7, 11) is 3.41. The number of rotatable bonds is 14. The molecule has 6 nitrogen and oxygen atoms in total. The zero-order valence-electron chi connectivity index (χ0n) is 54.7. The summed E-state index contributed by atoms with van der Waals surface area (Å²) in [6.07, 6.45) is 8.72. The molecule has 0 amide bonds. The first kappa shape index (κ1) is 58.6. The molecule has 4 atom stereocenters. The van der Waals surface area contributed by atoms with Crippen LogP contribution in [0.4, 0.5) is 0 Å². The van der Waals surface area contributed by atoms with Crippen molar-refractivity contribution >= 4 is 33.7 Å². The highest BCUT2D eigenvalue weighted by Crippen LogP contribution is 2.60. The van der Waals surface area contributed by atoms with Crippen LogP contribution in [0, 0.1) is 0 Å². The van der Waals surface area contributed by atoms with Crippen LogP contribution in [-0.4, -0.2) is 26.4 Å². The van der Waals surface area contributed by atoms with Crippen LogP contribution in [0.5, 0.6) is 34.5 Å². The predicted octanol–water partition coefficient (Wildman–Crippen LogP) is 20.8. The smallest absolute Gasteiger partial charge is 0.178 e. The van der Waals surface area contributed by atoms with E-state index in [9.17, 15) is 0 Å². The predicted molar refractivity (Wildman–Crippen MR) is 375 cm³/mol. The molecule has 0 N–H and O–H groups in total. The summed E-state index contributed by atoms with van der Waals surface area (Å²) in [6.45, 7) is 22.8. The average Bonchev–Trinajstić information content (AvgIpc) is 1.46. The van der Waals surface area contributed by atoms with Crippen molar-refractivity contribution in [1.82, 2.24) is 0 Å². The van der Waals surface area contributed by atoms with Gasteiger partial charge in [0.15, 0.2) is 11.2 Å². The van der Waals surface area contributed by atoms with Crippen molar-refractivity contribution in [1.29, 1.82) is 0 Å². The van der Waals surface area contributed by atoms with Crippen molar-refractivity contribution in [3.05, 3.63) is 297 Å². The Morgan fingerprint density at radius 3 is 1.05 bits per heavy atom. The molecule has 0 aromatic heterocycles. The summed E-state index contributed by atoms with van der Waals surface area (Å²) in [5, 5.41) is 4.58. The molecule has 6 heteroatoms. The maximum atomic E-state index is 7.63. The van der Waals surface area contributed by atoms with Crippen molar-refractivity contribution in [2.75, 3.05) is 14.2 Å². The highest BCUT2D eigenvalue weighted by Gasteiger charge is 2.47. The fourth-order valence-electron chi connectivity index (χ4n) is 15.5. The topological polar surface area (TPSA) is 55.4 Å². The number of hydrogen-bond acceptors (Lipinski definition) is 6. The standard InChI is InChI=1S/C86H78O6/c1-53(89-63-44-36-57(37-45-63)85(55-32-40-61(87-11)41-33-55)50-48-71-77-75(65-24-13-15-26-67(65)79(71)91-85)69-28-17-19-30-73(69)83(77,7)8)81(3,4)59-22-21-23-60(52-59)82(5,6)54(2)90-64-46-38-58(39-47-64)86(56-34-42-62(88-12)43-35-56)51-49-72-78-76(66-25-14-16-27-68(66)80(72)92-86)70-29-18-20-31-74(70)84(78,9)10/h13-54H,1-12H3. The summed E-state index contributed by atoms with van der Waals surface area (Å²) in [6, 6.07) is 77.7. The van der Waals surface area contributed by atoms with Crippen LogP contribution >= 0.6 is 0 Å². The maximum Gasteiger partial charge on any atom is 0.178 e. The first-order valence-electron chi connectivity index (χ1n) is 32.4. The SMILES string of the molecule is COc1ccc(C2(c3ccc(OC(C)C(C)(C)c4cccc(C(C)(C)C(C)Oc5ccc(C6(c7ccc(OC)cc7)C=Cc7c8c(c9ccccc9c7O6)-c6ccccc6C8(C)C)cc5)c4)cc3)C=Cc3c4c(c5ccccc5c3O2)-c2ccccc2C4(C)C)cc1. The molecule has 4 aliphatic rings. The summed E-state index contributed by atoms with van der Waals surface area (Å²) in [4.78, 5) is 0. The van der Waals surface area contributed by atoms with Crippen molar-refractivity contribution in [2.45, 2.75) is 114 Å². The van der Waals surface area contributed by atoms with Gasteiger partial charge in [-0.25, -0.2) is 0 Å². The third-order valence-corrected chi connectivity index (χ3v) is 21.5. The molecule has 11 aromatic rings. The van der Waals surface area contributed by atoms with E-state index in [-0.39, 0.29) is 33.9 Å². The molecule has 2 heterocycles. The minimum atomic E-state index is -0.953. The molecular formula is C86H78O6. The van der Waals surface area contributed by atoms with Gasteiger partial charge in [0.2, 0.25) is 0 Å². The van der Waals surface area contributed by atoms with Gasteiger partial charge < -0.3 is 28.4 Å². The van der Waals surface area contributed by atoms with Crippen LogP contribution in [0.1, 0.15) is 136 Å². The van der Waals surface area contributed by atoms with E-state index >= 15 is 0 Å². The number of benzene rings is 11. The second kappa shape index (κ2) is 21.4. The normalized spacial score (nSPS) is 18.5. The Hall–Kier alpha value is -9.78. The van der Waals surface area contributed by atoms with Crippen molar-refractivity contribution in [3.8, 4) is 56.8 Å². The molecule has 2 aliphatic carbocycles. The highest BCUT2D eigenvalue weighted by atomic mass is 16.5. The third-order valence-electron chi connectivity index (χ3n) is 21.5. The maximum absolute atomic E-state index is 7.63. The fraction of sp³-hybridized carbons (Fsp3) is 0.233.